The van der Waals surface area contributed by atoms with Crippen LogP contribution < -0.4 is 5.32 Å². The molecule has 1 aromatic heterocycles. The maximum Gasteiger partial charge on any atom is 0.321 e. The first-order chi connectivity index (χ1) is 19.5. The number of aromatic nitrogens is 1. The highest BCUT2D eigenvalue weighted by molar-refractivity contribution is 7.10. The summed E-state index contributed by atoms with van der Waals surface area (Å²) in [7, 11) is 0. The van der Waals surface area contributed by atoms with E-state index >= 15 is 0 Å². The average molecular weight is 551 g/mol. The van der Waals surface area contributed by atoms with E-state index in [4.69, 9.17) is 9.82 Å². The summed E-state index contributed by atoms with van der Waals surface area (Å²) in [6, 6.07) is 25.1. The number of amides is 2. The molecular weight excluding hydrogens is 516 g/mol. The van der Waals surface area contributed by atoms with Crippen LogP contribution in [-0.4, -0.2) is 34.7 Å². The molecule has 6 rings (SSSR count). The van der Waals surface area contributed by atoms with Crippen molar-refractivity contribution in [2.75, 3.05) is 18.4 Å². The Hall–Kier alpha value is -3.97. The van der Waals surface area contributed by atoms with Gasteiger partial charge in [-0.25, -0.2) is 9.78 Å². The molecule has 3 aromatic carbocycles. The van der Waals surface area contributed by atoms with Crippen LogP contribution in [0.3, 0.4) is 0 Å². The number of thiazole rings is 1. The van der Waals surface area contributed by atoms with Crippen molar-refractivity contribution in [3.8, 4) is 0 Å². The fourth-order valence-electron chi connectivity index (χ4n) is 5.52. The van der Waals surface area contributed by atoms with Gasteiger partial charge in [-0.2, -0.15) is 0 Å². The second-order valence-corrected chi connectivity index (χ2v) is 11.7. The number of likely N-dealkylation sites (tertiary alicyclic amines) is 1. The summed E-state index contributed by atoms with van der Waals surface area (Å²) in [5.41, 5.74) is 8.66. The van der Waals surface area contributed by atoms with Gasteiger partial charge in [-0.1, -0.05) is 71.9 Å². The third-order valence-corrected chi connectivity index (χ3v) is 8.90. The van der Waals surface area contributed by atoms with Gasteiger partial charge in [0.1, 0.15) is 5.71 Å². The molecule has 2 aliphatic heterocycles. The molecule has 7 heteroatoms. The van der Waals surface area contributed by atoms with Crippen molar-refractivity contribution >= 4 is 28.8 Å². The molecule has 1 saturated heterocycles. The number of aryl methyl sites for hydroxylation is 2. The number of carbonyl (C=O) groups excluding carboxylic acids is 1. The van der Waals surface area contributed by atoms with Crippen molar-refractivity contribution in [3.05, 3.63) is 117 Å². The summed E-state index contributed by atoms with van der Waals surface area (Å²) in [5, 5.41) is 10.8. The number of oxime groups is 1. The summed E-state index contributed by atoms with van der Waals surface area (Å²) in [4.78, 5) is 25.7. The summed E-state index contributed by atoms with van der Waals surface area (Å²) < 4.78 is 0. The molecule has 3 heterocycles. The van der Waals surface area contributed by atoms with Crippen LogP contribution in [0.5, 0.6) is 0 Å². The monoisotopic (exact) mass is 550 g/mol. The molecule has 4 aromatic rings. The Bertz CT molecular complexity index is 1520. The Kier molecular flexibility index (Phi) is 7.64. The molecule has 2 aliphatic rings. The van der Waals surface area contributed by atoms with E-state index in [0.29, 0.717) is 12.3 Å². The Morgan fingerprint density at radius 3 is 2.62 bits per heavy atom. The Morgan fingerprint density at radius 1 is 1.02 bits per heavy atom. The van der Waals surface area contributed by atoms with Gasteiger partial charge >= 0.3 is 6.03 Å². The zero-order chi connectivity index (χ0) is 27.5. The Morgan fingerprint density at radius 2 is 1.80 bits per heavy atom. The molecule has 0 bridgehead atoms. The van der Waals surface area contributed by atoms with E-state index in [1.54, 1.807) is 11.3 Å². The second kappa shape index (κ2) is 11.6. The smallest absolute Gasteiger partial charge is 0.321 e. The zero-order valence-electron chi connectivity index (χ0n) is 23.0. The van der Waals surface area contributed by atoms with E-state index in [1.807, 2.05) is 36.9 Å². The van der Waals surface area contributed by atoms with Crippen LogP contribution in [0.1, 0.15) is 69.8 Å². The standard InChI is InChI=1S/C33H34N4O2S/c1-22-12-13-23(2)28(18-22)35-33(38)37-16-14-25(15-17-37)32-34-30(21-40-32)29-20-31(39-36-29)27-11-7-6-10-26(27)19-24-8-4-3-5-9-24/h3-13,18,21,25,31H,14-17,19-20H2,1-2H3,(H,35,38). The van der Waals surface area contributed by atoms with Crippen molar-refractivity contribution in [1.29, 1.82) is 0 Å². The summed E-state index contributed by atoms with van der Waals surface area (Å²) in [6.45, 7) is 5.51. The van der Waals surface area contributed by atoms with E-state index in [-0.39, 0.29) is 12.1 Å². The van der Waals surface area contributed by atoms with Crippen molar-refractivity contribution in [2.45, 2.75) is 51.6 Å². The van der Waals surface area contributed by atoms with Crippen molar-refractivity contribution in [2.24, 2.45) is 5.16 Å². The Balaban J connectivity index is 1.05. The van der Waals surface area contributed by atoms with E-state index in [9.17, 15) is 4.79 Å². The lowest BCUT2D eigenvalue weighted by Gasteiger charge is -2.31. The normalized spacial score (nSPS) is 17.4. The molecule has 2 amide bonds. The highest BCUT2D eigenvalue weighted by atomic mass is 32.1. The number of benzene rings is 3. The number of piperidine rings is 1. The van der Waals surface area contributed by atoms with E-state index < -0.39 is 0 Å². The SMILES string of the molecule is Cc1ccc(C)c(NC(=O)N2CCC(c3nc(C4=NOC(c5ccccc5Cc5ccccc5)C4)cs3)CC2)c1. The maximum absolute atomic E-state index is 12.9. The third-order valence-electron chi connectivity index (χ3n) is 7.89. The van der Waals surface area contributed by atoms with Crippen molar-refractivity contribution in [1.82, 2.24) is 9.88 Å². The van der Waals surface area contributed by atoms with Crippen LogP contribution in [-0.2, 0) is 11.3 Å². The molecule has 1 unspecified atom stereocenters. The molecule has 0 radical (unpaired) electrons. The highest BCUT2D eigenvalue weighted by Gasteiger charge is 2.30. The first kappa shape index (κ1) is 26.3. The topological polar surface area (TPSA) is 66.8 Å². The summed E-state index contributed by atoms with van der Waals surface area (Å²) >= 11 is 1.69. The van der Waals surface area contributed by atoms with E-state index in [1.165, 1.54) is 16.7 Å². The molecule has 1 N–H and O–H groups in total. The fraction of sp³-hybridized carbons (Fsp3) is 0.303. The van der Waals surface area contributed by atoms with Gasteiger partial charge in [0.2, 0.25) is 0 Å². The number of carbonyl (C=O) groups is 1. The molecule has 6 nitrogen and oxygen atoms in total. The minimum atomic E-state index is -0.0983. The number of hydrogen-bond donors (Lipinski definition) is 1. The zero-order valence-corrected chi connectivity index (χ0v) is 23.8. The molecule has 0 saturated carbocycles. The van der Waals surface area contributed by atoms with Crippen LogP contribution in [0.4, 0.5) is 10.5 Å². The first-order valence-corrected chi connectivity index (χ1v) is 14.8. The predicted molar refractivity (Wildman–Crippen MR) is 161 cm³/mol. The number of nitrogens with one attached hydrogen (secondary N) is 1. The van der Waals surface area contributed by atoms with E-state index in [0.717, 1.165) is 65.6 Å². The average Bonchev–Trinajstić information content (AvgIpc) is 3.67. The molecular formula is C33H34N4O2S. The van der Waals surface area contributed by atoms with Gasteiger partial charge in [0.15, 0.2) is 6.10 Å². The number of rotatable bonds is 6. The highest BCUT2D eigenvalue weighted by Crippen LogP contribution is 2.35. The van der Waals surface area contributed by atoms with Crippen LogP contribution >= 0.6 is 11.3 Å². The lowest BCUT2D eigenvalue weighted by molar-refractivity contribution is 0.0851. The fourth-order valence-corrected chi connectivity index (χ4v) is 6.52. The number of nitrogens with zero attached hydrogens (tertiary/aromatic N) is 3. The first-order valence-electron chi connectivity index (χ1n) is 14.0. The Labute approximate surface area is 239 Å². The van der Waals surface area contributed by atoms with Gasteiger partial charge in [0.25, 0.3) is 0 Å². The number of hydrogen-bond acceptors (Lipinski definition) is 5. The molecule has 1 fully saturated rings. The van der Waals surface area contributed by atoms with Crippen LogP contribution in [0, 0.1) is 13.8 Å². The summed E-state index contributed by atoms with van der Waals surface area (Å²) in [5.74, 6) is 0.355. The molecule has 1 atom stereocenters. The summed E-state index contributed by atoms with van der Waals surface area (Å²) in [6.07, 6.45) is 3.30. The lowest BCUT2D eigenvalue weighted by Crippen LogP contribution is -2.40. The van der Waals surface area contributed by atoms with Gasteiger partial charge in [-0.15, -0.1) is 11.3 Å². The minimum absolute atomic E-state index is 0.0250. The van der Waals surface area contributed by atoms with Gasteiger partial charge in [0.05, 0.1) is 10.7 Å². The third kappa shape index (κ3) is 5.80. The molecule has 0 aliphatic carbocycles. The van der Waals surface area contributed by atoms with Crippen molar-refractivity contribution < 1.29 is 9.63 Å². The largest absolute Gasteiger partial charge is 0.387 e. The van der Waals surface area contributed by atoms with Gasteiger partial charge in [-0.05, 0) is 67.0 Å². The minimum Gasteiger partial charge on any atom is -0.387 e. The van der Waals surface area contributed by atoms with Crippen molar-refractivity contribution in [3.63, 3.8) is 0 Å². The molecule has 40 heavy (non-hydrogen) atoms. The second-order valence-electron chi connectivity index (χ2n) is 10.8. The van der Waals surface area contributed by atoms with Crippen LogP contribution in [0.2, 0.25) is 0 Å². The molecule has 204 valence electrons. The van der Waals surface area contributed by atoms with Crippen LogP contribution in [0.25, 0.3) is 0 Å². The lowest BCUT2D eigenvalue weighted by atomic mass is 9.94. The van der Waals surface area contributed by atoms with Gasteiger partial charge in [-0.3, -0.25) is 0 Å². The van der Waals surface area contributed by atoms with E-state index in [2.05, 4.69) is 70.4 Å². The predicted octanol–water partition coefficient (Wildman–Crippen LogP) is 7.63. The quantitative estimate of drug-likeness (QED) is 0.268. The van der Waals surface area contributed by atoms with Crippen LogP contribution in [0.15, 0.2) is 83.3 Å². The number of urea groups is 1. The van der Waals surface area contributed by atoms with Gasteiger partial charge < -0.3 is 15.1 Å². The maximum atomic E-state index is 12.9. The number of anilines is 1. The van der Waals surface area contributed by atoms with Gasteiger partial charge in [0, 0.05) is 36.5 Å². The molecule has 0 spiro atoms.